The number of hydrogen-bond acceptors (Lipinski definition) is 5. The van der Waals surface area contributed by atoms with Gasteiger partial charge in [-0.1, -0.05) is 12.1 Å². The lowest BCUT2D eigenvalue weighted by Gasteiger charge is -2.24. The van der Waals surface area contributed by atoms with Crippen LogP contribution in [0.15, 0.2) is 18.2 Å². The molecule has 0 spiro atoms. The van der Waals surface area contributed by atoms with Crippen molar-refractivity contribution >= 4 is 11.9 Å². The van der Waals surface area contributed by atoms with Crippen LogP contribution >= 0.6 is 0 Å². The van der Waals surface area contributed by atoms with Gasteiger partial charge in [0.1, 0.15) is 5.75 Å². The Morgan fingerprint density at radius 1 is 1.11 bits per heavy atom. The highest BCUT2D eigenvalue weighted by atomic mass is 16.5. The Bertz CT molecular complexity index is 711. The van der Waals surface area contributed by atoms with Crippen molar-refractivity contribution in [1.29, 1.82) is 0 Å². The van der Waals surface area contributed by atoms with Gasteiger partial charge in [0.2, 0.25) is 0 Å². The molecule has 1 aromatic rings. The van der Waals surface area contributed by atoms with Crippen molar-refractivity contribution in [2.24, 2.45) is 0 Å². The van der Waals surface area contributed by atoms with E-state index in [9.17, 15) is 9.59 Å². The molecule has 0 radical (unpaired) electrons. The number of ether oxygens (including phenoxy) is 3. The zero-order valence-corrected chi connectivity index (χ0v) is 17.0. The number of esters is 2. The smallest absolute Gasteiger partial charge is 0.305 e. The molecule has 152 valence electrons. The van der Waals surface area contributed by atoms with Gasteiger partial charge in [-0.05, 0) is 44.2 Å². The summed E-state index contributed by atoms with van der Waals surface area (Å²) in [5.41, 5.74) is 0.758. The van der Waals surface area contributed by atoms with Crippen LogP contribution < -0.4 is 4.74 Å². The van der Waals surface area contributed by atoms with E-state index in [2.05, 4.69) is 4.85 Å². The predicted molar refractivity (Wildman–Crippen MR) is 105 cm³/mol. The van der Waals surface area contributed by atoms with E-state index in [4.69, 9.17) is 20.8 Å². The second-order valence-corrected chi connectivity index (χ2v) is 7.30. The third-order valence-corrected chi connectivity index (χ3v) is 5.48. The van der Waals surface area contributed by atoms with Crippen LogP contribution in [0.1, 0.15) is 62.5 Å². The van der Waals surface area contributed by atoms with Crippen molar-refractivity contribution in [3.8, 4) is 5.75 Å². The Labute approximate surface area is 167 Å². The molecule has 0 unspecified atom stereocenters. The summed E-state index contributed by atoms with van der Waals surface area (Å²) in [5, 5.41) is 0. The fourth-order valence-corrected chi connectivity index (χ4v) is 3.61. The number of benzene rings is 1. The molecule has 1 aliphatic rings. The predicted octanol–water partition coefficient (Wildman–Crippen LogP) is 4.34. The van der Waals surface area contributed by atoms with Crippen molar-refractivity contribution < 1.29 is 23.8 Å². The van der Waals surface area contributed by atoms with Gasteiger partial charge in [0.15, 0.2) is 0 Å². The van der Waals surface area contributed by atoms with E-state index in [-0.39, 0.29) is 43.7 Å². The van der Waals surface area contributed by atoms with Gasteiger partial charge < -0.3 is 19.1 Å². The number of methoxy groups -OCH3 is 2. The third kappa shape index (κ3) is 5.48. The highest BCUT2D eigenvalue weighted by Gasteiger charge is 2.40. The highest BCUT2D eigenvalue weighted by molar-refractivity contribution is 5.70. The average Bonchev–Trinajstić information content (AvgIpc) is 3.22. The van der Waals surface area contributed by atoms with Crippen molar-refractivity contribution in [2.75, 3.05) is 14.2 Å². The Morgan fingerprint density at radius 2 is 1.68 bits per heavy atom. The first kappa shape index (κ1) is 21.7. The summed E-state index contributed by atoms with van der Waals surface area (Å²) in [7, 11) is 2.66. The SMILES string of the molecule is [C-]#[N+]C(CCC(=O)OC)(CCC(=O)OC)c1ccc(C)c(OC2CCCC2)c1. The molecule has 1 saturated carbocycles. The Kier molecular flexibility index (Phi) is 7.86. The van der Waals surface area contributed by atoms with Gasteiger partial charge in [-0.2, -0.15) is 0 Å². The standard InChI is InChI=1S/C22H29NO5/c1-16-9-10-17(15-19(16)28-18-7-5-6-8-18)22(23-2,13-11-20(24)26-3)14-12-21(25)27-4/h9-10,15,18H,5-8,11-14H2,1,3-4H3. The van der Waals surface area contributed by atoms with E-state index < -0.39 is 5.54 Å². The van der Waals surface area contributed by atoms with Crippen LogP contribution in [0.4, 0.5) is 0 Å². The van der Waals surface area contributed by atoms with Crippen molar-refractivity contribution in [3.63, 3.8) is 0 Å². The fourth-order valence-electron chi connectivity index (χ4n) is 3.61. The first-order valence-corrected chi connectivity index (χ1v) is 9.74. The van der Waals surface area contributed by atoms with Gasteiger partial charge in [0, 0.05) is 18.4 Å². The lowest BCUT2D eigenvalue weighted by atomic mass is 9.81. The van der Waals surface area contributed by atoms with Gasteiger partial charge >= 0.3 is 11.9 Å². The second kappa shape index (κ2) is 10.1. The number of aryl methyl sites for hydroxylation is 1. The van der Waals surface area contributed by atoms with Crippen LogP contribution in [-0.4, -0.2) is 32.3 Å². The summed E-state index contributed by atoms with van der Waals surface area (Å²) in [5.74, 6) is 0.0230. The second-order valence-electron chi connectivity index (χ2n) is 7.30. The summed E-state index contributed by atoms with van der Waals surface area (Å²) in [6.07, 6.45) is 5.39. The Hall–Kier alpha value is -2.55. The number of rotatable bonds is 9. The first-order chi connectivity index (χ1) is 13.4. The zero-order chi connectivity index (χ0) is 20.6. The van der Waals surface area contributed by atoms with Crippen molar-refractivity contribution in [3.05, 3.63) is 40.7 Å². The first-order valence-electron chi connectivity index (χ1n) is 9.74. The number of carbonyl (C=O) groups excluding carboxylic acids is 2. The number of nitrogens with zero attached hydrogens (tertiary/aromatic N) is 1. The molecule has 6 heteroatoms. The number of carbonyl (C=O) groups is 2. The van der Waals surface area contributed by atoms with E-state index in [0.29, 0.717) is 0 Å². The zero-order valence-electron chi connectivity index (χ0n) is 17.0. The summed E-state index contributed by atoms with van der Waals surface area (Å²) in [6, 6.07) is 5.74. The van der Waals surface area contributed by atoms with Gasteiger partial charge in [0.25, 0.3) is 5.54 Å². The van der Waals surface area contributed by atoms with Crippen LogP contribution in [-0.2, 0) is 24.6 Å². The van der Waals surface area contributed by atoms with Crippen LogP contribution in [0, 0.1) is 13.5 Å². The molecule has 0 aromatic heterocycles. The van der Waals surface area contributed by atoms with E-state index >= 15 is 0 Å². The maximum absolute atomic E-state index is 11.7. The normalized spacial score (nSPS) is 14.4. The maximum Gasteiger partial charge on any atom is 0.305 e. The minimum absolute atomic E-state index is 0.104. The highest BCUT2D eigenvalue weighted by Crippen LogP contribution is 2.39. The molecule has 0 atom stereocenters. The molecule has 0 saturated heterocycles. The molecule has 0 N–H and O–H groups in total. The van der Waals surface area contributed by atoms with E-state index in [1.807, 2.05) is 25.1 Å². The molecule has 0 amide bonds. The molecule has 0 bridgehead atoms. The van der Waals surface area contributed by atoms with Gasteiger partial charge in [0.05, 0.1) is 33.2 Å². The van der Waals surface area contributed by atoms with Gasteiger partial charge in [-0.3, -0.25) is 9.59 Å². The minimum Gasteiger partial charge on any atom is -0.490 e. The molecular formula is C22H29NO5. The van der Waals surface area contributed by atoms with Crippen LogP contribution in [0.5, 0.6) is 5.75 Å². The van der Waals surface area contributed by atoms with Crippen LogP contribution in [0.2, 0.25) is 0 Å². The lowest BCUT2D eigenvalue weighted by molar-refractivity contribution is -0.141. The summed E-state index contributed by atoms with van der Waals surface area (Å²) in [4.78, 5) is 27.3. The molecular weight excluding hydrogens is 358 g/mol. The summed E-state index contributed by atoms with van der Waals surface area (Å²) < 4.78 is 15.7. The molecule has 1 fully saturated rings. The van der Waals surface area contributed by atoms with Gasteiger partial charge in [-0.15, -0.1) is 0 Å². The Morgan fingerprint density at radius 3 is 2.18 bits per heavy atom. The molecule has 6 nitrogen and oxygen atoms in total. The molecule has 2 rings (SSSR count). The largest absolute Gasteiger partial charge is 0.490 e. The monoisotopic (exact) mass is 387 g/mol. The fraction of sp³-hybridized carbons (Fsp3) is 0.591. The van der Waals surface area contributed by atoms with Crippen LogP contribution in [0.3, 0.4) is 0 Å². The molecule has 0 aliphatic heterocycles. The maximum atomic E-state index is 11.7. The lowest BCUT2D eigenvalue weighted by Crippen LogP contribution is -2.25. The molecule has 28 heavy (non-hydrogen) atoms. The minimum atomic E-state index is -1.01. The van der Waals surface area contributed by atoms with E-state index in [0.717, 1.165) is 29.7 Å². The van der Waals surface area contributed by atoms with E-state index in [1.165, 1.54) is 27.1 Å². The quantitative estimate of drug-likeness (QED) is 0.466. The van der Waals surface area contributed by atoms with Crippen molar-refractivity contribution in [1.82, 2.24) is 0 Å². The average molecular weight is 387 g/mol. The van der Waals surface area contributed by atoms with Crippen molar-refractivity contribution in [2.45, 2.75) is 69.9 Å². The molecule has 0 heterocycles. The van der Waals surface area contributed by atoms with Crippen LogP contribution in [0.25, 0.3) is 4.85 Å². The topological polar surface area (TPSA) is 66.2 Å². The summed E-state index contributed by atoms with van der Waals surface area (Å²) >= 11 is 0. The Balaban J connectivity index is 2.32. The molecule has 1 aromatic carbocycles. The van der Waals surface area contributed by atoms with Gasteiger partial charge in [-0.25, -0.2) is 6.57 Å². The summed E-state index contributed by atoms with van der Waals surface area (Å²) in [6.45, 7) is 9.86. The van der Waals surface area contributed by atoms with E-state index in [1.54, 1.807) is 0 Å². The molecule has 1 aliphatic carbocycles. The number of hydrogen-bond donors (Lipinski definition) is 0. The third-order valence-electron chi connectivity index (χ3n) is 5.48.